The summed E-state index contributed by atoms with van der Waals surface area (Å²) in [6.07, 6.45) is 0.742. The molecular weight excluding hydrogens is 281 g/mol. The van der Waals surface area contributed by atoms with Crippen molar-refractivity contribution in [2.24, 2.45) is 0 Å². The summed E-state index contributed by atoms with van der Waals surface area (Å²) >= 11 is 0. The summed E-state index contributed by atoms with van der Waals surface area (Å²) in [7, 11) is -1.62. The number of hydrogen-bond donors (Lipinski definition) is 1. The van der Waals surface area contributed by atoms with Crippen molar-refractivity contribution in [3.8, 4) is 0 Å². The van der Waals surface area contributed by atoms with Gasteiger partial charge in [-0.2, -0.15) is 0 Å². The molecule has 1 N–H and O–H groups in total. The highest BCUT2D eigenvalue weighted by molar-refractivity contribution is 7.54. The predicted octanol–water partition coefficient (Wildman–Crippen LogP) is 2.26. The van der Waals surface area contributed by atoms with Gasteiger partial charge in [0.25, 0.3) is 0 Å². The van der Waals surface area contributed by atoms with Gasteiger partial charge in [0.1, 0.15) is 0 Å². The molecular formula is C13H28NO5P. The first-order chi connectivity index (χ1) is 9.36. The van der Waals surface area contributed by atoms with Crippen LogP contribution in [0.2, 0.25) is 0 Å². The number of aliphatic hydroxyl groups is 1. The van der Waals surface area contributed by atoms with Crippen molar-refractivity contribution >= 4 is 13.5 Å². The molecule has 0 aromatic heterocycles. The highest BCUT2D eigenvalue weighted by Gasteiger charge is 2.34. The van der Waals surface area contributed by atoms with Crippen molar-refractivity contribution in [2.45, 2.75) is 52.2 Å². The quantitative estimate of drug-likeness (QED) is 0.626. The van der Waals surface area contributed by atoms with Crippen LogP contribution in [-0.4, -0.2) is 54.5 Å². The summed E-state index contributed by atoms with van der Waals surface area (Å²) in [6, 6.07) is -0.215. The Morgan fingerprint density at radius 1 is 1.25 bits per heavy atom. The maximum atomic E-state index is 12.5. The van der Waals surface area contributed by atoms with Crippen LogP contribution in [0.3, 0.4) is 0 Å². The second-order valence-electron chi connectivity index (χ2n) is 4.68. The number of likely N-dealkylation sites (N-methyl/N-ethyl adjacent to an activating group) is 1. The number of nitrogens with zero attached hydrogens (tertiary/aromatic N) is 1. The summed E-state index contributed by atoms with van der Waals surface area (Å²) in [4.78, 5) is 13.6. The van der Waals surface area contributed by atoms with Gasteiger partial charge >= 0.3 is 7.60 Å². The van der Waals surface area contributed by atoms with Gasteiger partial charge in [-0.25, -0.2) is 0 Å². The summed E-state index contributed by atoms with van der Waals surface area (Å²) in [5.41, 5.74) is -0.506. The van der Waals surface area contributed by atoms with Crippen LogP contribution in [0.5, 0.6) is 0 Å². The summed E-state index contributed by atoms with van der Waals surface area (Å²) < 4.78 is 23.0. The van der Waals surface area contributed by atoms with Gasteiger partial charge in [-0.05, 0) is 20.3 Å². The van der Waals surface area contributed by atoms with Crippen LogP contribution in [0.15, 0.2) is 0 Å². The summed E-state index contributed by atoms with van der Waals surface area (Å²) in [5, 5.41) is 9.21. The van der Waals surface area contributed by atoms with E-state index in [9.17, 15) is 14.5 Å². The van der Waals surface area contributed by atoms with Gasteiger partial charge in [0.15, 0.2) is 0 Å². The minimum Gasteiger partial charge on any atom is -0.394 e. The number of carbonyl (C=O) groups is 1. The van der Waals surface area contributed by atoms with E-state index in [0.29, 0.717) is 6.42 Å². The Hall–Kier alpha value is -0.420. The van der Waals surface area contributed by atoms with Gasteiger partial charge in [-0.3, -0.25) is 9.36 Å². The molecule has 0 aliphatic carbocycles. The van der Waals surface area contributed by atoms with E-state index in [1.807, 2.05) is 6.92 Å². The molecule has 0 radical (unpaired) electrons. The SMILES string of the molecule is CCOP(=O)(OCC)C(C)CC(=O)N(C)[C@H](CC)CO. The second-order valence-corrected chi connectivity index (χ2v) is 7.16. The van der Waals surface area contributed by atoms with Gasteiger partial charge in [-0.15, -0.1) is 0 Å². The molecule has 6 nitrogen and oxygen atoms in total. The average Bonchev–Trinajstić information content (AvgIpc) is 2.40. The molecule has 1 amide bonds. The van der Waals surface area contributed by atoms with E-state index >= 15 is 0 Å². The molecule has 0 aromatic rings. The van der Waals surface area contributed by atoms with Gasteiger partial charge in [0.2, 0.25) is 5.91 Å². The average molecular weight is 309 g/mol. The Labute approximate surface area is 122 Å². The molecule has 120 valence electrons. The molecule has 0 aliphatic rings. The van der Waals surface area contributed by atoms with E-state index in [0.717, 1.165) is 0 Å². The van der Waals surface area contributed by atoms with Gasteiger partial charge in [0.05, 0.1) is 31.5 Å². The number of amides is 1. The normalized spacial score (nSPS) is 14.9. The second kappa shape index (κ2) is 9.50. The Bertz CT molecular complexity index is 323. The number of aliphatic hydroxyl groups excluding tert-OH is 1. The molecule has 0 aromatic carbocycles. The first-order valence-electron chi connectivity index (χ1n) is 7.11. The van der Waals surface area contributed by atoms with Crippen molar-refractivity contribution in [3.05, 3.63) is 0 Å². The molecule has 20 heavy (non-hydrogen) atoms. The van der Waals surface area contributed by atoms with E-state index in [1.165, 1.54) is 4.90 Å². The van der Waals surface area contributed by atoms with Crippen LogP contribution in [0.25, 0.3) is 0 Å². The third-order valence-corrected chi connectivity index (χ3v) is 5.75. The van der Waals surface area contributed by atoms with Gasteiger partial charge < -0.3 is 19.1 Å². The van der Waals surface area contributed by atoms with Crippen molar-refractivity contribution in [2.75, 3.05) is 26.9 Å². The van der Waals surface area contributed by atoms with E-state index in [-0.39, 0.29) is 38.2 Å². The zero-order valence-corrected chi connectivity index (χ0v) is 14.1. The minimum atomic E-state index is -3.26. The molecule has 0 fully saturated rings. The Balaban J connectivity index is 4.74. The van der Waals surface area contributed by atoms with Crippen LogP contribution in [0.4, 0.5) is 0 Å². The summed E-state index contributed by atoms with van der Waals surface area (Å²) in [5.74, 6) is -0.168. The smallest absolute Gasteiger partial charge is 0.333 e. The number of carbonyl (C=O) groups excluding carboxylic acids is 1. The monoisotopic (exact) mass is 309 g/mol. The van der Waals surface area contributed by atoms with Crippen molar-refractivity contribution in [1.29, 1.82) is 0 Å². The lowest BCUT2D eigenvalue weighted by atomic mass is 10.2. The Morgan fingerprint density at radius 2 is 1.75 bits per heavy atom. The van der Waals surface area contributed by atoms with Crippen molar-refractivity contribution in [1.82, 2.24) is 4.90 Å². The number of hydrogen-bond acceptors (Lipinski definition) is 5. The minimum absolute atomic E-state index is 0.0737. The van der Waals surface area contributed by atoms with Crippen LogP contribution >= 0.6 is 7.60 Å². The molecule has 7 heteroatoms. The van der Waals surface area contributed by atoms with E-state index in [4.69, 9.17) is 9.05 Å². The predicted molar refractivity (Wildman–Crippen MR) is 78.9 cm³/mol. The first-order valence-corrected chi connectivity index (χ1v) is 8.72. The van der Waals surface area contributed by atoms with E-state index < -0.39 is 13.3 Å². The van der Waals surface area contributed by atoms with E-state index in [2.05, 4.69) is 0 Å². The number of rotatable bonds is 10. The van der Waals surface area contributed by atoms with Crippen molar-refractivity contribution < 1.29 is 23.5 Å². The Morgan fingerprint density at radius 3 is 2.10 bits per heavy atom. The van der Waals surface area contributed by atoms with Gasteiger partial charge in [0, 0.05) is 13.5 Å². The van der Waals surface area contributed by atoms with Crippen LogP contribution in [0, 0.1) is 0 Å². The lowest BCUT2D eigenvalue weighted by Gasteiger charge is -2.28. The molecule has 0 bridgehead atoms. The maximum Gasteiger partial charge on any atom is 0.333 e. The Kier molecular flexibility index (Phi) is 9.30. The molecule has 0 saturated heterocycles. The summed E-state index contributed by atoms with van der Waals surface area (Å²) in [6.45, 7) is 7.55. The fourth-order valence-corrected chi connectivity index (χ4v) is 3.57. The standard InChI is InChI=1S/C13H28NO5P/c1-6-12(10-15)14(5)13(16)9-11(4)20(17,18-7-2)19-8-3/h11-12,15H,6-10H2,1-5H3/t11?,12-/m1/s1. The fraction of sp³-hybridized carbons (Fsp3) is 0.923. The lowest BCUT2D eigenvalue weighted by molar-refractivity contribution is -0.132. The first kappa shape index (κ1) is 19.6. The molecule has 0 saturated carbocycles. The lowest BCUT2D eigenvalue weighted by Crippen LogP contribution is -2.40. The van der Waals surface area contributed by atoms with Crippen LogP contribution in [-0.2, 0) is 18.4 Å². The molecule has 0 heterocycles. The fourth-order valence-electron chi connectivity index (χ4n) is 1.89. The zero-order chi connectivity index (χ0) is 15.8. The highest BCUT2D eigenvalue weighted by atomic mass is 31.2. The largest absolute Gasteiger partial charge is 0.394 e. The third kappa shape index (κ3) is 5.52. The van der Waals surface area contributed by atoms with Crippen LogP contribution < -0.4 is 0 Å². The van der Waals surface area contributed by atoms with Crippen LogP contribution in [0.1, 0.15) is 40.5 Å². The third-order valence-electron chi connectivity index (χ3n) is 3.25. The van der Waals surface area contributed by atoms with E-state index in [1.54, 1.807) is 27.8 Å². The topological polar surface area (TPSA) is 76.1 Å². The molecule has 0 spiro atoms. The highest BCUT2D eigenvalue weighted by Crippen LogP contribution is 2.54. The molecule has 2 atom stereocenters. The zero-order valence-electron chi connectivity index (χ0n) is 13.2. The molecule has 1 unspecified atom stereocenters. The molecule has 0 aliphatic heterocycles. The maximum absolute atomic E-state index is 12.5. The molecule has 0 rings (SSSR count). The van der Waals surface area contributed by atoms with Gasteiger partial charge in [-0.1, -0.05) is 13.8 Å². The van der Waals surface area contributed by atoms with Crippen molar-refractivity contribution in [3.63, 3.8) is 0 Å².